The highest BCUT2D eigenvalue weighted by Crippen LogP contribution is 2.05. The summed E-state index contributed by atoms with van der Waals surface area (Å²) in [6.45, 7) is 0.734. The Morgan fingerprint density at radius 3 is 2.88 bits per heavy atom. The Kier molecular flexibility index (Phi) is 3.31. The minimum Gasteiger partial charge on any atom is -0.383 e. The Labute approximate surface area is 98.9 Å². The third-order valence-electron chi connectivity index (χ3n) is 2.20. The van der Waals surface area contributed by atoms with Gasteiger partial charge in [-0.15, -0.1) is 0 Å². The molecular formula is C11H12N6. The van der Waals surface area contributed by atoms with Crippen LogP contribution < -0.4 is 5.32 Å². The van der Waals surface area contributed by atoms with Crippen molar-refractivity contribution >= 4 is 5.69 Å². The largest absolute Gasteiger partial charge is 0.383 e. The number of hydrogen-bond acceptors (Lipinski definition) is 5. The Bertz CT molecular complexity index is 522. The van der Waals surface area contributed by atoms with Crippen LogP contribution in [-0.2, 0) is 13.5 Å². The predicted molar refractivity (Wildman–Crippen MR) is 62.1 cm³/mol. The maximum atomic E-state index is 8.60. The molecule has 1 N–H and O–H groups in total. The molecule has 2 aromatic heterocycles. The van der Waals surface area contributed by atoms with Gasteiger partial charge in [-0.05, 0) is 12.1 Å². The van der Waals surface area contributed by atoms with Gasteiger partial charge >= 0.3 is 0 Å². The standard InChI is InChI=1S/C11H12N6/c1-17-8-15-11(16-17)4-5-13-10-3-2-9(6-12)14-7-10/h2-3,7-8,13H,4-5H2,1H3. The highest BCUT2D eigenvalue weighted by molar-refractivity contribution is 5.42. The summed E-state index contributed by atoms with van der Waals surface area (Å²) in [6.07, 6.45) is 4.07. The van der Waals surface area contributed by atoms with Crippen LogP contribution in [0.15, 0.2) is 24.7 Å². The maximum Gasteiger partial charge on any atom is 0.152 e. The van der Waals surface area contributed by atoms with E-state index < -0.39 is 0 Å². The Hall–Kier alpha value is -2.42. The molecule has 0 saturated heterocycles. The van der Waals surface area contributed by atoms with Crippen LogP contribution in [0.2, 0.25) is 0 Å². The summed E-state index contributed by atoms with van der Waals surface area (Å²) in [6, 6.07) is 5.49. The first-order valence-corrected chi connectivity index (χ1v) is 5.22. The molecule has 0 aliphatic carbocycles. The average molecular weight is 228 g/mol. The molecule has 0 aliphatic heterocycles. The molecule has 6 nitrogen and oxygen atoms in total. The zero-order chi connectivity index (χ0) is 12.1. The fourth-order valence-electron chi connectivity index (χ4n) is 1.38. The number of pyridine rings is 1. The van der Waals surface area contributed by atoms with Crippen LogP contribution in [0.5, 0.6) is 0 Å². The van der Waals surface area contributed by atoms with Crippen molar-refractivity contribution in [2.45, 2.75) is 6.42 Å². The first kappa shape index (κ1) is 11.1. The third-order valence-corrected chi connectivity index (χ3v) is 2.20. The van der Waals surface area contributed by atoms with E-state index in [2.05, 4.69) is 20.4 Å². The molecule has 2 rings (SSSR count). The molecule has 0 aromatic carbocycles. The molecule has 2 aromatic rings. The first-order valence-electron chi connectivity index (χ1n) is 5.22. The fraction of sp³-hybridized carbons (Fsp3) is 0.273. The van der Waals surface area contributed by atoms with Gasteiger partial charge in [0.25, 0.3) is 0 Å². The van der Waals surface area contributed by atoms with Gasteiger partial charge in [0.1, 0.15) is 18.1 Å². The van der Waals surface area contributed by atoms with Gasteiger partial charge < -0.3 is 5.32 Å². The second-order valence-corrected chi connectivity index (χ2v) is 3.56. The number of nitriles is 1. The van der Waals surface area contributed by atoms with Crippen LogP contribution in [0.4, 0.5) is 5.69 Å². The van der Waals surface area contributed by atoms with E-state index in [9.17, 15) is 0 Å². The summed E-state index contributed by atoms with van der Waals surface area (Å²) in [7, 11) is 1.84. The molecule has 0 atom stereocenters. The first-order chi connectivity index (χ1) is 8.28. The van der Waals surface area contributed by atoms with Crippen LogP contribution >= 0.6 is 0 Å². The van der Waals surface area contributed by atoms with Crippen LogP contribution in [-0.4, -0.2) is 26.3 Å². The van der Waals surface area contributed by atoms with Crippen molar-refractivity contribution in [3.05, 3.63) is 36.2 Å². The Morgan fingerprint density at radius 2 is 2.29 bits per heavy atom. The third kappa shape index (κ3) is 3.01. The zero-order valence-electron chi connectivity index (χ0n) is 9.46. The predicted octanol–water partition coefficient (Wildman–Crippen LogP) is 0.736. The van der Waals surface area contributed by atoms with Gasteiger partial charge in [0.2, 0.25) is 0 Å². The Morgan fingerprint density at radius 1 is 1.41 bits per heavy atom. The summed E-state index contributed by atoms with van der Waals surface area (Å²) >= 11 is 0. The maximum absolute atomic E-state index is 8.60. The van der Waals surface area contributed by atoms with Crippen molar-refractivity contribution in [2.75, 3.05) is 11.9 Å². The number of anilines is 1. The van der Waals surface area contributed by atoms with Gasteiger partial charge in [0, 0.05) is 20.0 Å². The summed E-state index contributed by atoms with van der Waals surface area (Å²) in [5.74, 6) is 0.807. The molecule has 2 heterocycles. The van der Waals surface area contributed by atoms with E-state index >= 15 is 0 Å². The molecule has 0 amide bonds. The number of nitrogens with zero attached hydrogens (tertiary/aromatic N) is 5. The average Bonchev–Trinajstić information content (AvgIpc) is 2.76. The lowest BCUT2D eigenvalue weighted by Crippen LogP contribution is -2.06. The van der Waals surface area contributed by atoms with Crippen molar-refractivity contribution < 1.29 is 0 Å². The van der Waals surface area contributed by atoms with Gasteiger partial charge in [-0.2, -0.15) is 10.4 Å². The molecule has 0 radical (unpaired) electrons. The van der Waals surface area contributed by atoms with Gasteiger partial charge in [-0.25, -0.2) is 9.97 Å². The van der Waals surface area contributed by atoms with E-state index in [4.69, 9.17) is 5.26 Å². The minimum atomic E-state index is 0.418. The molecule has 86 valence electrons. The quantitative estimate of drug-likeness (QED) is 0.834. The zero-order valence-corrected chi connectivity index (χ0v) is 9.46. The van der Waals surface area contributed by atoms with E-state index in [1.54, 1.807) is 23.3 Å². The summed E-state index contributed by atoms with van der Waals surface area (Å²) in [5, 5.41) is 16.0. The van der Waals surface area contributed by atoms with Crippen molar-refractivity contribution in [3.63, 3.8) is 0 Å². The van der Waals surface area contributed by atoms with Gasteiger partial charge in [-0.3, -0.25) is 4.68 Å². The van der Waals surface area contributed by atoms with Crippen LogP contribution in [0, 0.1) is 11.3 Å². The van der Waals surface area contributed by atoms with Gasteiger partial charge in [-0.1, -0.05) is 0 Å². The molecule has 0 unspecified atom stereocenters. The monoisotopic (exact) mass is 228 g/mol. The highest BCUT2D eigenvalue weighted by atomic mass is 15.3. The molecule has 0 bridgehead atoms. The van der Waals surface area contributed by atoms with Crippen LogP contribution in [0.3, 0.4) is 0 Å². The van der Waals surface area contributed by atoms with E-state index in [1.807, 2.05) is 19.2 Å². The highest BCUT2D eigenvalue weighted by Gasteiger charge is 1.99. The van der Waals surface area contributed by atoms with Crippen molar-refractivity contribution in [1.29, 1.82) is 5.26 Å². The molecule has 0 aliphatic rings. The Balaban J connectivity index is 1.84. The lowest BCUT2D eigenvalue weighted by Gasteiger charge is -2.03. The van der Waals surface area contributed by atoms with Crippen LogP contribution in [0.25, 0.3) is 0 Å². The summed E-state index contributed by atoms with van der Waals surface area (Å²) in [4.78, 5) is 8.10. The smallest absolute Gasteiger partial charge is 0.152 e. The SMILES string of the molecule is Cn1cnc(CCNc2ccc(C#N)nc2)n1. The lowest BCUT2D eigenvalue weighted by atomic mass is 10.3. The topological polar surface area (TPSA) is 79.4 Å². The van der Waals surface area contributed by atoms with E-state index in [-0.39, 0.29) is 0 Å². The minimum absolute atomic E-state index is 0.418. The van der Waals surface area contributed by atoms with E-state index in [0.29, 0.717) is 5.69 Å². The number of rotatable bonds is 4. The molecular weight excluding hydrogens is 216 g/mol. The number of nitrogens with one attached hydrogen (secondary N) is 1. The van der Waals surface area contributed by atoms with Crippen molar-refractivity contribution in [3.8, 4) is 6.07 Å². The number of hydrogen-bond donors (Lipinski definition) is 1. The lowest BCUT2D eigenvalue weighted by molar-refractivity contribution is 0.742. The number of aromatic nitrogens is 4. The summed E-state index contributed by atoms with van der Waals surface area (Å²) < 4.78 is 1.68. The molecule has 0 saturated carbocycles. The van der Waals surface area contributed by atoms with E-state index in [0.717, 1.165) is 24.5 Å². The van der Waals surface area contributed by atoms with Crippen molar-refractivity contribution in [1.82, 2.24) is 19.7 Å². The number of aryl methyl sites for hydroxylation is 1. The van der Waals surface area contributed by atoms with Crippen molar-refractivity contribution in [2.24, 2.45) is 7.05 Å². The second-order valence-electron chi connectivity index (χ2n) is 3.56. The second kappa shape index (κ2) is 5.07. The van der Waals surface area contributed by atoms with Gasteiger partial charge in [0.15, 0.2) is 5.82 Å². The van der Waals surface area contributed by atoms with E-state index in [1.165, 1.54) is 0 Å². The molecule has 0 fully saturated rings. The molecule has 6 heteroatoms. The molecule has 0 spiro atoms. The normalized spacial score (nSPS) is 9.88. The molecule has 17 heavy (non-hydrogen) atoms. The summed E-state index contributed by atoms with van der Waals surface area (Å²) in [5.41, 5.74) is 1.31. The van der Waals surface area contributed by atoms with Crippen LogP contribution in [0.1, 0.15) is 11.5 Å². The van der Waals surface area contributed by atoms with Gasteiger partial charge in [0.05, 0.1) is 11.9 Å². The fourth-order valence-corrected chi connectivity index (χ4v) is 1.38.